The minimum Gasteiger partial charge on any atom is -0.457 e. The van der Waals surface area contributed by atoms with Gasteiger partial charge in [0.05, 0.1) is 17.1 Å². The van der Waals surface area contributed by atoms with Gasteiger partial charge in [-0.2, -0.15) is 5.10 Å². The number of anilines is 2. The highest BCUT2D eigenvalue weighted by atomic mass is 19.1. The number of urea groups is 1. The molecule has 10 nitrogen and oxygen atoms in total. The van der Waals surface area contributed by atoms with Crippen LogP contribution in [0.5, 0.6) is 11.5 Å². The van der Waals surface area contributed by atoms with E-state index in [0.29, 0.717) is 35.1 Å². The Morgan fingerprint density at radius 2 is 1.72 bits per heavy atom. The number of aryl methyl sites for hydroxylation is 1. The second-order valence-corrected chi connectivity index (χ2v) is 12.1. The highest BCUT2D eigenvalue weighted by Crippen LogP contribution is 2.28. The van der Waals surface area contributed by atoms with Gasteiger partial charge in [-0.3, -0.25) is 15.1 Å². The second-order valence-electron chi connectivity index (χ2n) is 12.1. The minimum atomic E-state index is -0.681. The third-order valence-corrected chi connectivity index (χ3v) is 6.52. The van der Waals surface area contributed by atoms with Crippen molar-refractivity contribution in [2.24, 2.45) is 5.41 Å². The summed E-state index contributed by atoms with van der Waals surface area (Å²) in [6, 6.07) is 15.4. The Morgan fingerprint density at radius 1 is 0.977 bits per heavy atom. The molecule has 4 aromatic rings. The lowest BCUT2D eigenvalue weighted by atomic mass is 9.92. The molecule has 43 heavy (non-hydrogen) atoms. The Hall–Kier alpha value is -4.77. The van der Waals surface area contributed by atoms with E-state index >= 15 is 0 Å². The van der Waals surface area contributed by atoms with Crippen molar-refractivity contribution < 1.29 is 23.8 Å². The Balaban J connectivity index is 1.53. The van der Waals surface area contributed by atoms with Gasteiger partial charge in [0.25, 0.3) is 5.91 Å². The quantitative estimate of drug-likeness (QED) is 0.184. The number of aromatic nitrogens is 3. The molecule has 11 heteroatoms. The zero-order valence-corrected chi connectivity index (χ0v) is 25.2. The van der Waals surface area contributed by atoms with Gasteiger partial charge >= 0.3 is 6.03 Å². The fraction of sp³-hybridized carbons (Fsp3) is 0.312. The SMILES string of the molecule is Cc1cc(Oc2ccc(NC(=O)Nc3cc(C(C)(C)C)nn3-c3cccc(C(=O)NCC(C)(C)CO)c3)c(F)c2)ccn1. The number of halogens is 1. The van der Waals surface area contributed by atoms with Crippen molar-refractivity contribution in [1.29, 1.82) is 0 Å². The molecular weight excluding hydrogens is 551 g/mol. The molecule has 4 N–H and O–H groups in total. The predicted octanol–water partition coefficient (Wildman–Crippen LogP) is 6.20. The number of aliphatic hydroxyl groups is 1. The maximum Gasteiger partial charge on any atom is 0.324 e. The van der Waals surface area contributed by atoms with E-state index in [1.807, 2.05) is 41.5 Å². The van der Waals surface area contributed by atoms with Gasteiger partial charge in [-0.25, -0.2) is 13.9 Å². The van der Waals surface area contributed by atoms with Gasteiger partial charge in [-0.05, 0) is 43.3 Å². The summed E-state index contributed by atoms with van der Waals surface area (Å²) in [7, 11) is 0. The maximum absolute atomic E-state index is 14.9. The fourth-order valence-electron chi connectivity index (χ4n) is 3.94. The largest absolute Gasteiger partial charge is 0.457 e. The predicted molar refractivity (Wildman–Crippen MR) is 164 cm³/mol. The van der Waals surface area contributed by atoms with Crippen molar-refractivity contribution in [2.75, 3.05) is 23.8 Å². The van der Waals surface area contributed by atoms with Crippen LogP contribution < -0.4 is 20.7 Å². The summed E-state index contributed by atoms with van der Waals surface area (Å²) in [6.07, 6.45) is 1.60. The molecule has 0 radical (unpaired) electrons. The average Bonchev–Trinajstić information content (AvgIpc) is 3.38. The number of nitrogens with zero attached hydrogens (tertiary/aromatic N) is 3. The summed E-state index contributed by atoms with van der Waals surface area (Å²) in [6.45, 7) is 11.7. The molecule has 0 unspecified atom stereocenters. The van der Waals surface area contributed by atoms with E-state index < -0.39 is 17.3 Å². The third-order valence-electron chi connectivity index (χ3n) is 6.52. The number of amides is 3. The third kappa shape index (κ3) is 8.16. The first kappa shape index (κ1) is 31.2. The first-order valence-electron chi connectivity index (χ1n) is 13.8. The zero-order chi connectivity index (χ0) is 31.4. The van der Waals surface area contributed by atoms with Crippen LogP contribution in [0.2, 0.25) is 0 Å². The normalized spacial score (nSPS) is 11.6. The van der Waals surface area contributed by atoms with Crippen LogP contribution in [-0.2, 0) is 5.41 Å². The highest BCUT2D eigenvalue weighted by Gasteiger charge is 2.23. The van der Waals surface area contributed by atoms with Crippen LogP contribution >= 0.6 is 0 Å². The lowest BCUT2D eigenvalue weighted by molar-refractivity contribution is 0.0911. The molecule has 0 saturated carbocycles. The van der Waals surface area contributed by atoms with Crippen LogP contribution in [0.3, 0.4) is 0 Å². The van der Waals surface area contributed by atoms with Crippen molar-refractivity contribution in [2.45, 2.75) is 47.0 Å². The number of hydrogen-bond donors (Lipinski definition) is 4. The van der Waals surface area contributed by atoms with E-state index in [9.17, 15) is 19.1 Å². The summed E-state index contributed by atoms with van der Waals surface area (Å²) in [5.41, 5.74) is 1.54. The molecule has 0 saturated heterocycles. The van der Waals surface area contributed by atoms with Crippen molar-refractivity contribution in [3.8, 4) is 17.2 Å². The summed E-state index contributed by atoms with van der Waals surface area (Å²) in [5.74, 6) is 0.135. The van der Waals surface area contributed by atoms with Gasteiger partial charge in [0, 0.05) is 59.6 Å². The Bertz CT molecular complexity index is 1630. The van der Waals surface area contributed by atoms with Gasteiger partial charge in [0.15, 0.2) is 0 Å². The summed E-state index contributed by atoms with van der Waals surface area (Å²) >= 11 is 0. The molecule has 0 spiro atoms. The molecule has 0 fully saturated rings. The number of ether oxygens (including phenoxy) is 1. The van der Waals surface area contributed by atoms with Crippen molar-refractivity contribution in [1.82, 2.24) is 20.1 Å². The van der Waals surface area contributed by atoms with Gasteiger partial charge in [-0.15, -0.1) is 0 Å². The van der Waals surface area contributed by atoms with Gasteiger partial charge in [0.1, 0.15) is 23.1 Å². The van der Waals surface area contributed by atoms with Crippen LogP contribution in [0.4, 0.5) is 20.7 Å². The van der Waals surface area contributed by atoms with Crippen LogP contribution in [0.25, 0.3) is 5.69 Å². The lowest BCUT2D eigenvalue weighted by Crippen LogP contribution is -2.36. The minimum absolute atomic E-state index is 0.0395. The van der Waals surface area contributed by atoms with Gasteiger partial charge < -0.3 is 20.5 Å². The molecule has 0 atom stereocenters. The monoisotopic (exact) mass is 588 g/mol. The number of pyridine rings is 1. The number of benzene rings is 2. The number of carbonyl (C=O) groups is 2. The second kappa shape index (κ2) is 12.6. The molecule has 3 amide bonds. The molecule has 226 valence electrons. The fourth-order valence-corrected chi connectivity index (χ4v) is 3.94. The van der Waals surface area contributed by atoms with Crippen molar-refractivity contribution in [3.05, 3.63) is 89.6 Å². The number of carbonyl (C=O) groups excluding carboxylic acids is 2. The van der Waals surface area contributed by atoms with Crippen LogP contribution in [0.1, 0.15) is 56.4 Å². The molecule has 4 rings (SSSR count). The van der Waals surface area contributed by atoms with Crippen LogP contribution in [0.15, 0.2) is 66.9 Å². The van der Waals surface area contributed by atoms with Crippen LogP contribution in [0, 0.1) is 18.2 Å². The molecule has 0 bridgehead atoms. The number of rotatable bonds is 9. The number of aliphatic hydroxyl groups excluding tert-OH is 1. The summed E-state index contributed by atoms with van der Waals surface area (Å²) in [5, 5.41) is 22.3. The van der Waals surface area contributed by atoms with E-state index in [-0.39, 0.29) is 29.4 Å². The molecule has 2 aromatic carbocycles. The first-order valence-corrected chi connectivity index (χ1v) is 13.8. The van der Waals surface area contributed by atoms with E-state index in [0.717, 1.165) is 5.69 Å². The number of hydrogen-bond acceptors (Lipinski definition) is 6. The Labute approximate surface area is 250 Å². The molecule has 2 aromatic heterocycles. The van der Waals surface area contributed by atoms with Gasteiger partial charge in [-0.1, -0.05) is 40.7 Å². The molecular formula is C32H37FN6O4. The molecule has 0 aliphatic rings. The summed E-state index contributed by atoms with van der Waals surface area (Å²) in [4.78, 5) is 30.0. The highest BCUT2D eigenvalue weighted by molar-refractivity contribution is 5.99. The standard InChI is InChI=1S/C32H37FN6O4/c1-20-14-24(12-13-34-20)43-23-10-11-26(25(33)16-23)36-30(42)37-28-17-27(31(2,3)4)38-39(28)22-9-7-8-21(15-22)29(41)35-18-32(5,6)19-40/h7-17,40H,18-19H2,1-6H3,(H,35,41)(H2,36,37,42). The average molecular weight is 589 g/mol. The Kier molecular flexibility index (Phi) is 9.15. The molecule has 2 heterocycles. The topological polar surface area (TPSA) is 130 Å². The maximum atomic E-state index is 14.9. The summed E-state index contributed by atoms with van der Waals surface area (Å²) < 4.78 is 22.1. The van der Waals surface area contributed by atoms with E-state index in [1.165, 1.54) is 16.8 Å². The van der Waals surface area contributed by atoms with Gasteiger partial charge in [0.2, 0.25) is 0 Å². The first-order chi connectivity index (χ1) is 20.2. The smallest absolute Gasteiger partial charge is 0.324 e. The number of nitrogens with one attached hydrogen (secondary N) is 3. The van der Waals surface area contributed by atoms with E-state index in [1.54, 1.807) is 54.7 Å². The molecule has 0 aliphatic heterocycles. The van der Waals surface area contributed by atoms with Crippen molar-refractivity contribution >= 4 is 23.4 Å². The van der Waals surface area contributed by atoms with Crippen LogP contribution in [-0.4, -0.2) is 45.0 Å². The van der Waals surface area contributed by atoms with Crippen molar-refractivity contribution in [3.63, 3.8) is 0 Å². The van der Waals surface area contributed by atoms with E-state index in [4.69, 9.17) is 9.84 Å². The van der Waals surface area contributed by atoms with E-state index in [2.05, 4.69) is 20.9 Å². The lowest BCUT2D eigenvalue weighted by Gasteiger charge is -2.21. The Morgan fingerprint density at radius 3 is 2.40 bits per heavy atom. The molecule has 0 aliphatic carbocycles. The zero-order valence-electron chi connectivity index (χ0n) is 25.2.